The first kappa shape index (κ1) is 12.9. The number of methoxy groups -OCH3 is 1. The van der Waals surface area contributed by atoms with Gasteiger partial charge in [0.2, 0.25) is 0 Å². The second-order valence-electron chi connectivity index (χ2n) is 4.20. The van der Waals surface area contributed by atoms with Crippen LogP contribution in [0.4, 0.5) is 5.69 Å². The van der Waals surface area contributed by atoms with Crippen LogP contribution in [0.1, 0.15) is 13.8 Å². The van der Waals surface area contributed by atoms with Crippen LogP contribution in [-0.2, 0) is 0 Å². The van der Waals surface area contributed by atoms with Crippen molar-refractivity contribution in [1.29, 1.82) is 5.26 Å². The normalized spacial score (nSPS) is 10.7. The van der Waals surface area contributed by atoms with Crippen LogP contribution < -0.4 is 10.1 Å². The lowest BCUT2D eigenvalue weighted by atomic mass is 9.96. The maximum Gasteiger partial charge on any atom is 0.133 e. The molecule has 0 saturated carbocycles. The maximum atomic E-state index is 8.89. The number of nitrogens with zero attached hydrogens (tertiary/aromatic N) is 1. The Labute approximate surface area is 105 Å². The molecule has 0 bridgehead atoms. The highest BCUT2D eigenvalue weighted by molar-refractivity contribution is 9.10. The third-order valence-corrected chi connectivity index (χ3v) is 2.81. The van der Waals surface area contributed by atoms with Crippen LogP contribution in [0.3, 0.4) is 0 Å². The second kappa shape index (κ2) is 5.22. The minimum absolute atomic E-state index is 0.369. The van der Waals surface area contributed by atoms with Crippen LogP contribution in [-0.4, -0.2) is 13.7 Å². The van der Waals surface area contributed by atoms with Crippen LogP contribution >= 0.6 is 15.9 Å². The van der Waals surface area contributed by atoms with E-state index in [1.165, 1.54) is 0 Å². The fourth-order valence-corrected chi connectivity index (χ4v) is 1.68. The molecule has 0 aromatic heterocycles. The molecule has 0 radical (unpaired) electrons. The van der Waals surface area contributed by atoms with Crippen molar-refractivity contribution in [2.45, 2.75) is 13.8 Å². The molecule has 0 spiro atoms. The molecule has 3 nitrogen and oxygen atoms in total. The Kier molecular flexibility index (Phi) is 4.19. The molecule has 0 saturated heterocycles. The van der Waals surface area contributed by atoms with Gasteiger partial charge in [-0.3, -0.25) is 0 Å². The third kappa shape index (κ3) is 3.42. The molecule has 1 aromatic carbocycles. The van der Waals surface area contributed by atoms with Gasteiger partial charge in [-0.15, -0.1) is 0 Å². The third-order valence-electron chi connectivity index (χ3n) is 2.19. The molecule has 0 atom stereocenters. The van der Waals surface area contributed by atoms with Crippen molar-refractivity contribution >= 4 is 21.6 Å². The Bertz CT molecular complexity index is 410. The lowest BCUT2D eigenvalue weighted by molar-refractivity contribution is 0.412. The maximum absolute atomic E-state index is 8.89. The molecule has 1 N–H and O–H groups in total. The first-order valence-electron chi connectivity index (χ1n) is 4.97. The van der Waals surface area contributed by atoms with E-state index in [9.17, 15) is 0 Å². The summed E-state index contributed by atoms with van der Waals surface area (Å²) in [7, 11) is 1.63. The molecule has 0 fully saturated rings. The van der Waals surface area contributed by atoms with Crippen molar-refractivity contribution in [3.63, 3.8) is 0 Å². The highest BCUT2D eigenvalue weighted by atomic mass is 79.9. The van der Waals surface area contributed by atoms with Crippen molar-refractivity contribution in [1.82, 2.24) is 0 Å². The summed E-state index contributed by atoms with van der Waals surface area (Å²) in [5.41, 5.74) is 0.600. The summed E-state index contributed by atoms with van der Waals surface area (Å²) in [6.07, 6.45) is 0. The zero-order chi connectivity index (χ0) is 12.2. The summed E-state index contributed by atoms with van der Waals surface area (Å²) in [6, 6.07) is 7.99. The molecular weight excluding hydrogens is 268 g/mol. The molecule has 86 valence electrons. The number of hydrogen-bond donors (Lipinski definition) is 1. The fourth-order valence-electron chi connectivity index (χ4n) is 1.14. The molecule has 16 heavy (non-hydrogen) atoms. The summed E-state index contributed by atoms with van der Waals surface area (Å²) >= 11 is 3.41. The zero-order valence-electron chi connectivity index (χ0n) is 9.67. The smallest absolute Gasteiger partial charge is 0.133 e. The highest BCUT2D eigenvalue weighted by Gasteiger charge is 2.16. The van der Waals surface area contributed by atoms with Crippen LogP contribution in [0.2, 0.25) is 0 Å². The monoisotopic (exact) mass is 282 g/mol. The Hall–Kier alpha value is -1.21. The summed E-state index contributed by atoms with van der Waals surface area (Å²) in [4.78, 5) is 0. The van der Waals surface area contributed by atoms with Gasteiger partial charge >= 0.3 is 0 Å². The van der Waals surface area contributed by atoms with Gasteiger partial charge in [0.15, 0.2) is 0 Å². The first-order valence-corrected chi connectivity index (χ1v) is 5.76. The number of ether oxygens (including phenoxy) is 1. The van der Waals surface area contributed by atoms with E-state index in [1.807, 2.05) is 32.0 Å². The van der Waals surface area contributed by atoms with Gasteiger partial charge in [0.05, 0.1) is 23.1 Å². The summed E-state index contributed by atoms with van der Waals surface area (Å²) in [6.45, 7) is 4.42. The number of halogens is 1. The fraction of sp³-hybridized carbons (Fsp3) is 0.417. The molecule has 1 aromatic rings. The van der Waals surface area contributed by atoms with Crippen LogP contribution in [0.15, 0.2) is 22.7 Å². The number of hydrogen-bond acceptors (Lipinski definition) is 3. The van der Waals surface area contributed by atoms with E-state index in [0.717, 1.165) is 15.9 Å². The average Bonchev–Trinajstić information content (AvgIpc) is 2.27. The predicted molar refractivity (Wildman–Crippen MR) is 68.6 cm³/mol. The van der Waals surface area contributed by atoms with Crippen LogP contribution in [0.25, 0.3) is 0 Å². The first-order chi connectivity index (χ1) is 7.48. The Morgan fingerprint density at radius 3 is 2.69 bits per heavy atom. The molecule has 0 aliphatic heterocycles. The van der Waals surface area contributed by atoms with Gasteiger partial charge in [-0.1, -0.05) is 0 Å². The van der Waals surface area contributed by atoms with Gasteiger partial charge in [-0.25, -0.2) is 0 Å². The molecule has 0 unspecified atom stereocenters. The standard InChI is InChI=1S/C12H15BrN2O/c1-12(2,7-14)8-15-9-4-5-11(16-3)10(13)6-9/h4-6,15H,8H2,1-3H3. The van der Waals surface area contributed by atoms with E-state index < -0.39 is 0 Å². The van der Waals surface area contributed by atoms with Crippen LogP contribution in [0, 0.1) is 16.7 Å². The largest absolute Gasteiger partial charge is 0.496 e. The van der Waals surface area contributed by atoms with Crippen molar-refractivity contribution in [3.05, 3.63) is 22.7 Å². The van der Waals surface area contributed by atoms with E-state index in [-0.39, 0.29) is 5.41 Å². The van der Waals surface area contributed by atoms with Gasteiger partial charge in [0.1, 0.15) is 5.75 Å². The van der Waals surface area contributed by atoms with Crippen molar-refractivity contribution < 1.29 is 4.74 Å². The number of anilines is 1. The average molecular weight is 283 g/mol. The van der Waals surface area contributed by atoms with Crippen molar-refractivity contribution in [2.24, 2.45) is 5.41 Å². The molecular formula is C12H15BrN2O. The minimum Gasteiger partial charge on any atom is -0.496 e. The molecule has 0 aliphatic rings. The van der Waals surface area contributed by atoms with E-state index in [4.69, 9.17) is 10.00 Å². The van der Waals surface area contributed by atoms with E-state index in [2.05, 4.69) is 27.3 Å². The van der Waals surface area contributed by atoms with E-state index >= 15 is 0 Å². The zero-order valence-corrected chi connectivity index (χ0v) is 11.3. The van der Waals surface area contributed by atoms with E-state index in [1.54, 1.807) is 7.11 Å². The van der Waals surface area contributed by atoms with Gasteiger partial charge in [-0.2, -0.15) is 5.26 Å². The number of benzene rings is 1. The second-order valence-corrected chi connectivity index (χ2v) is 5.05. The summed E-state index contributed by atoms with van der Waals surface area (Å²) < 4.78 is 6.04. The number of nitriles is 1. The summed E-state index contributed by atoms with van der Waals surface area (Å²) in [5, 5.41) is 12.1. The summed E-state index contributed by atoms with van der Waals surface area (Å²) in [5.74, 6) is 0.796. The Balaban J connectivity index is 2.70. The van der Waals surface area contributed by atoms with Crippen LogP contribution in [0.5, 0.6) is 5.75 Å². The Morgan fingerprint density at radius 1 is 1.50 bits per heavy atom. The molecule has 0 aliphatic carbocycles. The number of nitrogens with one attached hydrogen (secondary N) is 1. The van der Waals surface area contributed by atoms with Gasteiger partial charge < -0.3 is 10.1 Å². The lowest BCUT2D eigenvalue weighted by Gasteiger charge is -2.17. The van der Waals surface area contributed by atoms with Crippen molar-refractivity contribution in [2.75, 3.05) is 19.0 Å². The number of rotatable bonds is 4. The SMILES string of the molecule is COc1ccc(NCC(C)(C)C#N)cc1Br. The molecule has 4 heteroatoms. The predicted octanol–water partition coefficient (Wildman–Crippen LogP) is 3.42. The van der Waals surface area contributed by atoms with Gasteiger partial charge in [-0.05, 0) is 48.0 Å². The molecule has 0 amide bonds. The van der Waals surface area contributed by atoms with Gasteiger partial charge in [0.25, 0.3) is 0 Å². The van der Waals surface area contributed by atoms with E-state index in [0.29, 0.717) is 6.54 Å². The topological polar surface area (TPSA) is 45.0 Å². The molecule has 1 rings (SSSR count). The minimum atomic E-state index is -0.369. The Morgan fingerprint density at radius 2 is 2.19 bits per heavy atom. The molecule has 0 heterocycles. The van der Waals surface area contributed by atoms with Crippen molar-refractivity contribution in [3.8, 4) is 11.8 Å². The lowest BCUT2D eigenvalue weighted by Crippen LogP contribution is -2.20. The quantitative estimate of drug-likeness (QED) is 0.920. The highest BCUT2D eigenvalue weighted by Crippen LogP contribution is 2.28. The van der Waals surface area contributed by atoms with Gasteiger partial charge in [0, 0.05) is 12.2 Å².